The first-order chi connectivity index (χ1) is 7.90. The van der Waals surface area contributed by atoms with E-state index in [1.165, 1.54) is 9.80 Å². The van der Waals surface area contributed by atoms with Crippen LogP contribution in [0.15, 0.2) is 18.2 Å². The molecule has 94 valence electrons. The summed E-state index contributed by atoms with van der Waals surface area (Å²) in [6.45, 7) is 2.82. The molecule has 1 N–H and O–H groups in total. The van der Waals surface area contributed by atoms with E-state index in [2.05, 4.69) is 14.1 Å². The number of rotatable bonds is 3. The van der Waals surface area contributed by atoms with Crippen molar-refractivity contribution < 1.29 is 14.4 Å². The molecule has 0 radical (unpaired) electrons. The average Bonchev–Trinajstić information content (AvgIpc) is 2.21. The molecule has 0 spiro atoms. The summed E-state index contributed by atoms with van der Waals surface area (Å²) in [5, 5.41) is 0. The lowest BCUT2D eigenvalue weighted by Crippen LogP contribution is -3.04. The molecule has 0 saturated heterocycles. The Hall–Kier alpha value is -1.55. The fourth-order valence-corrected chi connectivity index (χ4v) is 1.47. The summed E-state index contributed by atoms with van der Waals surface area (Å²) < 4.78 is 5.36. The Labute approximate surface area is 103 Å². The summed E-state index contributed by atoms with van der Waals surface area (Å²) in [5.74, 6) is 0.657. The second kappa shape index (κ2) is 5.68. The second-order valence-corrected chi connectivity index (χ2v) is 4.76. The SMILES string of the molecule is Cc1ccc(C[NH+](C)C)c(OC(=O)N(C)C)c1. The molecule has 0 aliphatic heterocycles. The Morgan fingerprint density at radius 2 is 2.00 bits per heavy atom. The van der Waals surface area contributed by atoms with Gasteiger partial charge in [0.15, 0.2) is 0 Å². The minimum absolute atomic E-state index is 0.342. The first kappa shape index (κ1) is 13.5. The predicted molar refractivity (Wildman–Crippen MR) is 67.4 cm³/mol. The fourth-order valence-electron chi connectivity index (χ4n) is 1.47. The van der Waals surface area contributed by atoms with Gasteiger partial charge in [0.2, 0.25) is 0 Å². The number of aryl methyl sites for hydroxylation is 1. The summed E-state index contributed by atoms with van der Waals surface area (Å²) in [5.41, 5.74) is 2.13. The van der Waals surface area contributed by atoms with E-state index >= 15 is 0 Å². The molecular formula is C13H21N2O2+. The molecule has 0 aliphatic rings. The smallest absolute Gasteiger partial charge is 0.410 e. The summed E-state index contributed by atoms with van der Waals surface area (Å²) >= 11 is 0. The molecule has 1 rings (SSSR count). The lowest BCUT2D eigenvalue weighted by Gasteiger charge is -2.15. The highest BCUT2D eigenvalue weighted by Crippen LogP contribution is 2.20. The normalized spacial score (nSPS) is 10.5. The van der Waals surface area contributed by atoms with E-state index in [1.807, 2.05) is 25.1 Å². The van der Waals surface area contributed by atoms with Crippen LogP contribution in [0.1, 0.15) is 11.1 Å². The first-order valence-electron chi connectivity index (χ1n) is 5.68. The average molecular weight is 237 g/mol. The molecule has 0 atom stereocenters. The molecule has 0 unspecified atom stereocenters. The number of nitrogens with zero attached hydrogens (tertiary/aromatic N) is 1. The van der Waals surface area contributed by atoms with Crippen LogP contribution in [0, 0.1) is 6.92 Å². The molecule has 0 fully saturated rings. The molecule has 4 heteroatoms. The van der Waals surface area contributed by atoms with Crippen molar-refractivity contribution in [2.45, 2.75) is 13.5 Å². The topological polar surface area (TPSA) is 34.0 Å². The predicted octanol–water partition coefficient (Wildman–Crippen LogP) is 0.700. The van der Waals surface area contributed by atoms with Crippen molar-refractivity contribution in [1.82, 2.24) is 4.90 Å². The number of benzene rings is 1. The lowest BCUT2D eigenvalue weighted by molar-refractivity contribution is -0.872. The number of carbonyl (C=O) groups excluding carboxylic acids is 1. The van der Waals surface area contributed by atoms with Crippen molar-refractivity contribution in [2.75, 3.05) is 28.2 Å². The van der Waals surface area contributed by atoms with E-state index in [0.717, 1.165) is 17.7 Å². The fraction of sp³-hybridized carbons (Fsp3) is 0.462. The number of carbonyl (C=O) groups is 1. The summed E-state index contributed by atoms with van der Waals surface area (Å²) in [6, 6.07) is 5.95. The van der Waals surface area contributed by atoms with Gasteiger partial charge in [0.1, 0.15) is 12.3 Å². The number of hydrogen-bond donors (Lipinski definition) is 1. The summed E-state index contributed by atoms with van der Waals surface area (Å²) in [4.78, 5) is 14.3. The number of ether oxygens (including phenoxy) is 1. The summed E-state index contributed by atoms with van der Waals surface area (Å²) in [6.07, 6.45) is -0.342. The van der Waals surface area contributed by atoms with Crippen LogP contribution in [-0.4, -0.2) is 39.2 Å². The van der Waals surface area contributed by atoms with Crippen LogP contribution >= 0.6 is 0 Å². The minimum atomic E-state index is -0.342. The highest BCUT2D eigenvalue weighted by molar-refractivity contribution is 5.70. The van der Waals surface area contributed by atoms with E-state index in [1.54, 1.807) is 14.1 Å². The van der Waals surface area contributed by atoms with Gasteiger partial charge in [-0.3, -0.25) is 0 Å². The van der Waals surface area contributed by atoms with Crippen molar-refractivity contribution in [3.8, 4) is 5.75 Å². The second-order valence-electron chi connectivity index (χ2n) is 4.76. The van der Waals surface area contributed by atoms with Crippen molar-refractivity contribution in [3.63, 3.8) is 0 Å². The zero-order valence-electron chi connectivity index (χ0n) is 11.2. The van der Waals surface area contributed by atoms with Gasteiger partial charge in [-0.25, -0.2) is 4.79 Å². The molecule has 17 heavy (non-hydrogen) atoms. The molecule has 0 saturated carbocycles. The van der Waals surface area contributed by atoms with Gasteiger partial charge in [0.25, 0.3) is 0 Å². The third kappa shape index (κ3) is 4.07. The molecular weight excluding hydrogens is 216 g/mol. The van der Waals surface area contributed by atoms with Gasteiger partial charge in [0, 0.05) is 19.7 Å². The number of amides is 1. The lowest BCUT2D eigenvalue weighted by atomic mass is 10.1. The third-order valence-corrected chi connectivity index (χ3v) is 2.33. The third-order valence-electron chi connectivity index (χ3n) is 2.33. The molecule has 0 heterocycles. The van der Waals surface area contributed by atoms with Crippen LogP contribution in [-0.2, 0) is 6.54 Å². The maximum atomic E-state index is 11.6. The number of quaternary nitrogens is 1. The van der Waals surface area contributed by atoms with Crippen molar-refractivity contribution in [2.24, 2.45) is 0 Å². The molecule has 0 aliphatic carbocycles. The van der Waals surface area contributed by atoms with E-state index in [0.29, 0.717) is 5.75 Å². The zero-order chi connectivity index (χ0) is 13.0. The maximum absolute atomic E-state index is 11.6. The minimum Gasteiger partial charge on any atom is -0.410 e. The molecule has 0 bridgehead atoms. The zero-order valence-corrected chi connectivity index (χ0v) is 11.2. The van der Waals surface area contributed by atoms with Crippen LogP contribution < -0.4 is 9.64 Å². The number of hydrogen-bond acceptors (Lipinski definition) is 2. The molecule has 0 aromatic heterocycles. The van der Waals surface area contributed by atoms with E-state index in [4.69, 9.17) is 4.74 Å². The molecule has 4 nitrogen and oxygen atoms in total. The van der Waals surface area contributed by atoms with Gasteiger partial charge in [-0.05, 0) is 24.6 Å². The molecule has 1 aromatic carbocycles. The Balaban J connectivity index is 2.94. The van der Waals surface area contributed by atoms with Crippen molar-refractivity contribution in [1.29, 1.82) is 0 Å². The highest BCUT2D eigenvalue weighted by atomic mass is 16.6. The van der Waals surface area contributed by atoms with Crippen LogP contribution in [0.4, 0.5) is 4.79 Å². The summed E-state index contributed by atoms with van der Waals surface area (Å²) in [7, 11) is 7.48. The van der Waals surface area contributed by atoms with Gasteiger partial charge < -0.3 is 14.5 Å². The highest BCUT2D eigenvalue weighted by Gasteiger charge is 2.12. The Morgan fingerprint density at radius 1 is 1.35 bits per heavy atom. The quantitative estimate of drug-likeness (QED) is 0.839. The van der Waals surface area contributed by atoms with Crippen LogP contribution in [0.3, 0.4) is 0 Å². The van der Waals surface area contributed by atoms with Gasteiger partial charge in [-0.2, -0.15) is 0 Å². The van der Waals surface area contributed by atoms with Crippen LogP contribution in [0.2, 0.25) is 0 Å². The van der Waals surface area contributed by atoms with E-state index in [-0.39, 0.29) is 6.09 Å². The van der Waals surface area contributed by atoms with E-state index in [9.17, 15) is 4.79 Å². The van der Waals surface area contributed by atoms with E-state index < -0.39 is 0 Å². The van der Waals surface area contributed by atoms with Crippen LogP contribution in [0.25, 0.3) is 0 Å². The van der Waals surface area contributed by atoms with Crippen molar-refractivity contribution >= 4 is 6.09 Å². The van der Waals surface area contributed by atoms with Gasteiger partial charge >= 0.3 is 6.09 Å². The maximum Gasteiger partial charge on any atom is 0.414 e. The monoisotopic (exact) mass is 237 g/mol. The Kier molecular flexibility index (Phi) is 4.52. The Morgan fingerprint density at radius 3 is 2.53 bits per heavy atom. The first-order valence-corrected chi connectivity index (χ1v) is 5.68. The largest absolute Gasteiger partial charge is 0.414 e. The van der Waals surface area contributed by atoms with Gasteiger partial charge in [-0.1, -0.05) is 6.07 Å². The van der Waals surface area contributed by atoms with Crippen LogP contribution in [0.5, 0.6) is 5.75 Å². The molecule has 1 aromatic rings. The Bertz CT molecular complexity index is 400. The van der Waals surface area contributed by atoms with Gasteiger partial charge in [0.05, 0.1) is 14.1 Å². The molecule has 1 amide bonds. The van der Waals surface area contributed by atoms with Crippen molar-refractivity contribution in [3.05, 3.63) is 29.3 Å². The number of nitrogens with one attached hydrogen (secondary N) is 1. The standard InChI is InChI=1S/C13H20N2O2/c1-10-6-7-11(9-14(2)3)12(8-10)17-13(16)15(4)5/h6-8H,9H2,1-5H3/p+1. The van der Waals surface area contributed by atoms with Gasteiger partial charge in [-0.15, -0.1) is 0 Å².